The Hall–Kier alpha value is -1.97. The molecule has 100 valence electrons. The highest BCUT2D eigenvalue weighted by Gasteiger charge is 2.28. The second-order valence-electron chi connectivity index (χ2n) is 4.93. The third kappa shape index (κ3) is 2.18. The van der Waals surface area contributed by atoms with Gasteiger partial charge in [0, 0.05) is 12.2 Å². The molecule has 0 bridgehead atoms. The summed E-state index contributed by atoms with van der Waals surface area (Å²) in [5.74, 6) is 0. The molecule has 0 aromatic heterocycles. The Kier molecular flexibility index (Phi) is 3.15. The second-order valence-corrected chi connectivity index (χ2v) is 4.93. The van der Waals surface area contributed by atoms with Crippen LogP contribution in [0.3, 0.4) is 0 Å². The number of cyclic esters (lactones) is 1. The van der Waals surface area contributed by atoms with E-state index in [4.69, 9.17) is 4.74 Å². The molecular weight excluding hydrogens is 240 g/mol. The van der Waals surface area contributed by atoms with Gasteiger partial charge >= 0.3 is 6.09 Å². The van der Waals surface area contributed by atoms with Crippen molar-refractivity contribution >= 4 is 17.5 Å². The lowest BCUT2D eigenvalue weighted by Gasteiger charge is -2.33. The Labute approximate surface area is 113 Å². The lowest BCUT2D eigenvalue weighted by atomic mass is 10.1. The molecule has 0 unspecified atom stereocenters. The molecule has 0 spiro atoms. The van der Waals surface area contributed by atoms with Crippen molar-refractivity contribution in [3.05, 3.63) is 36.5 Å². The van der Waals surface area contributed by atoms with Gasteiger partial charge in [0.1, 0.15) is 6.61 Å². The van der Waals surface area contributed by atoms with E-state index in [1.165, 1.54) is 6.42 Å². The van der Waals surface area contributed by atoms with Gasteiger partial charge in [-0.05, 0) is 31.4 Å². The van der Waals surface area contributed by atoms with Crippen LogP contribution in [0.1, 0.15) is 19.3 Å². The smallest absolute Gasteiger partial charge is 0.414 e. The van der Waals surface area contributed by atoms with Crippen LogP contribution in [-0.2, 0) is 4.74 Å². The number of ether oxygens (including phenoxy) is 1. The largest absolute Gasteiger partial charge is 0.447 e. The van der Waals surface area contributed by atoms with Gasteiger partial charge in [-0.15, -0.1) is 0 Å². The van der Waals surface area contributed by atoms with Crippen LogP contribution in [0.5, 0.6) is 0 Å². The molecule has 1 aromatic rings. The SMILES string of the molecule is C=C1CCCCN1c1ccccc1N1CCOC1=O. The first-order valence-corrected chi connectivity index (χ1v) is 6.76. The Morgan fingerprint density at radius 2 is 1.79 bits per heavy atom. The summed E-state index contributed by atoms with van der Waals surface area (Å²) < 4.78 is 5.04. The van der Waals surface area contributed by atoms with Crippen LogP contribution in [0.4, 0.5) is 16.2 Å². The van der Waals surface area contributed by atoms with Crippen LogP contribution in [-0.4, -0.2) is 25.8 Å². The number of piperidine rings is 1. The van der Waals surface area contributed by atoms with Crippen LogP contribution < -0.4 is 9.80 Å². The van der Waals surface area contributed by atoms with Crippen molar-refractivity contribution in [1.29, 1.82) is 0 Å². The molecule has 2 aliphatic rings. The fourth-order valence-electron chi connectivity index (χ4n) is 2.72. The molecular formula is C15H18N2O2. The molecule has 4 nitrogen and oxygen atoms in total. The zero-order chi connectivity index (χ0) is 13.2. The summed E-state index contributed by atoms with van der Waals surface area (Å²) in [5.41, 5.74) is 3.12. The molecule has 0 saturated carbocycles. The number of carbonyl (C=O) groups excluding carboxylic acids is 1. The summed E-state index contributed by atoms with van der Waals surface area (Å²) in [6.45, 7) is 6.21. The number of rotatable bonds is 2. The number of nitrogens with zero attached hydrogens (tertiary/aromatic N) is 2. The molecule has 2 aliphatic heterocycles. The number of amides is 1. The zero-order valence-corrected chi connectivity index (χ0v) is 11.0. The van der Waals surface area contributed by atoms with Crippen molar-refractivity contribution in [1.82, 2.24) is 0 Å². The molecule has 1 amide bonds. The zero-order valence-electron chi connectivity index (χ0n) is 11.0. The standard InChI is InChI=1S/C15H18N2O2/c1-12-6-4-5-9-16(12)13-7-2-3-8-14(13)17-10-11-19-15(17)18/h2-3,7-8H,1,4-6,9-11H2. The maximum absolute atomic E-state index is 11.8. The highest BCUT2D eigenvalue weighted by molar-refractivity contribution is 5.94. The first-order valence-electron chi connectivity index (χ1n) is 6.76. The Bertz CT molecular complexity index is 513. The van der Waals surface area contributed by atoms with E-state index in [0.29, 0.717) is 13.2 Å². The van der Waals surface area contributed by atoms with E-state index >= 15 is 0 Å². The normalized spacial score (nSPS) is 19.8. The summed E-state index contributed by atoms with van der Waals surface area (Å²) in [5, 5.41) is 0. The van der Waals surface area contributed by atoms with E-state index in [0.717, 1.165) is 36.5 Å². The van der Waals surface area contributed by atoms with Crippen molar-refractivity contribution in [2.45, 2.75) is 19.3 Å². The van der Waals surface area contributed by atoms with E-state index in [1.807, 2.05) is 18.2 Å². The molecule has 2 heterocycles. The van der Waals surface area contributed by atoms with Crippen LogP contribution in [0.15, 0.2) is 36.5 Å². The number of para-hydroxylation sites is 2. The van der Waals surface area contributed by atoms with E-state index in [-0.39, 0.29) is 6.09 Å². The van der Waals surface area contributed by atoms with Gasteiger partial charge in [0.2, 0.25) is 0 Å². The summed E-state index contributed by atoms with van der Waals surface area (Å²) in [6.07, 6.45) is 3.13. The van der Waals surface area contributed by atoms with Crippen molar-refractivity contribution in [2.75, 3.05) is 29.5 Å². The fraction of sp³-hybridized carbons (Fsp3) is 0.400. The van der Waals surface area contributed by atoms with Crippen LogP contribution in [0.2, 0.25) is 0 Å². The van der Waals surface area contributed by atoms with Gasteiger partial charge in [-0.25, -0.2) is 4.79 Å². The molecule has 19 heavy (non-hydrogen) atoms. The Morgan fingerprint density at radius 1 is 1.05 bits per heavy atom. The third-order valence-electron chi connectivity index (χ3n) is 3.70. The molecule has 0 N–H and O–H groups in total. The van der Waals surface area contributed by atoms with Gasteiger partial charge in [0.15, 0.2) is 0 Å². The lowest BCUT2D eigenvalue weighted by Crippen LogP contribution is -2.31. The highest BCUT2D eigenvalue weighted by Crippen LogP contribution is 2.35. The van der Waals surface area contributed by atoms with Crippen molar-refractivity contribution < 1.29 is 9.53 Å². The fourth-order valence-corrected chi connectivity index (χ4v) is 2.72. The minimum atomic E-state index is -0.255. The predicted octanol–water partition coefficient (Wildman–Crippen LogP) is 3.15. The average molecular weight is 258 g/mol. The molecule has 3 rings (SSSR count). The van der Waals surface area contributed by atoms with E-state index in [9.17, 15) is 4.79 Å². The number of carbonyl (C=O) groups is 1. The predicted molar refractivity (Wildman–Crippen MR) is 75.5 cm³/mol. The van der Waals surface area contributed by atoms with Crippen molar-refractivity contribution in [3.8, 4) is 0 Å². The monoisotopic (exact) mass is 258 g/mol. The quantitative estimate of drug-likeness (QED) is 0.817. The van der Waals surface area contributed by atoms with Gasteiger partial charge in [-0.1, -0.05) is 18.7 Å². The van der Waals surface area contributed by atoms with Gasteiger partial charge in [-0.3, -0.25) is 4.90 Å². The molecule has 4 heteroatoms. The van der Waals surface area contributed by atoms with Gasteiger partial charge in [-0.2, -0.15) is 0 Å². The summed E-state index contributed by atoms with van der Waals surface area (Å²) >= 11 is 0. The van der Waals surface area contributed by atoms with E-state index in [1.54, 1.807) is 4.90 Å². The maximum atomic E-state index is 11.8. The Morgan fingerprint density at radius 3 is 2.42 bits per heavy atom. The summed E-state index contributed by atoms with van der Waals surface area (Å²) in [6, 6.07) is 7.99. The van der Waals surface area contributed by atoms with Crippen LogP contribution in [0.25, 0.3) is 0 Å². The number of hydrogen-bond donors (Lipinski definition) is 0. The maximum Gasteiger partial charge on any atom is 0.414 e. The molecule has 2 saturated heterocycles. The summed E-state index contributed by atoms with van der Waals surface area (Å²) in [4.78, 5) is 15.7. The minimum absolute atomic E-state index is 0.255. The minimum Gasteiger partial charge on any atom is -0.447 e. The number of benzene rings is 1. The average Bonchev–Trinajstić information content (AvgIpc) is 2.86. The molecule has 0 aliphatic carbocycles. The topological polar surface area (TPSA) is 32.8 Å². The van der Waals surface area contributed by atoms with E-state index < -0.39 is 0 Å². The number of hydrogen-bond acceptors (Lipinski definition) is 3. The number of allylic oxidation sites excluding steroid dienone is 1. The molecule has 0 atom stereocenters. The van der Waals surface area contributed by atoms with Crippen LogP contribution >= 0.6 is 0 Å². The number of anilines is 2. The first kappa shape index (κ1) is 12.1. The first-order chi connectivity index (χ1) is 9.27. The van der Waals surface area contributed by atoms with Crippen LogP contribution in [0, 0.1) is 0 Å². The molecule has 2 fully saturated rings. The molecule has 0 radical (unpaired) electrons. The van der Waals surface area contributed by atoms with E-state index in [2.05, 4.69) is 17.5 Å². The van der Waals surface area contributed by atoms with Crippen molar-refractivity contribution in [3.63, 3.8) is 0 Å². The van der Waals surface area contributed by atoms with Gasteiger partial charge in [0.05, 0.1) is 17.9 Å². The van der Waals surface area contributed by atoms with Crippen molar-refractivity contribution in [2.24, 2.45) is 0 Å². The lowest BCUT2D eigenvalue weighted by molar-refractivity contribution is 0.181. The Balaban J connectivity index is 1.97. The molecule has 1 aromatic carbocycles. The highest BCUT2D eigenvalue weighted by atomic mass is 16.6. The van der Waals surface area contributed by atoms with Gasteiger partial charge in [0.25, 0.3) is 0 Å². The third-order valence-corrected chi connectivity index (χ3v) is 3.70. The summed E-state index contributed by atoms with van der Waals surface area (Å²) in [7, 11) is 0. The van der Waals surface area contributed by atoms with Gasteiger partial charge < -0.3 is 9.64 Å². The second kappa shape index (κ2) is 4.96.